The van der Waals surface area contributed by atoms with Crippen molar-refractivity contribution >= 4 is 44.1 Å². The van der Waals surface area contributed by atoms with E-state index in [0.29, 0.717) is 5.13 Å². The molecule has 0 atom stereocenters. The average Bonchev–Trinajstić information content (AvgIpc) is 3.03. The fourth-order valence-electron chi connectivity index (χ4n) is 3.19. The molecule has 27 heavy (non-hydrogen) atoms. The molecule has 2 N–H and O–H groups in total. The van der Waals surface area contributed by atoms with Gasteiger partial charge >= 0.3 is 6.03 Å². The molecule has 4 rings (SSSR count). The molecule has 2 heterocycles. The highest BCUT2D eigenvalue weighted by Gasteiger charge is 2.15. The molecule has 3 aromatic rings. The van der Waals surface area contributed by atoms with Crippen molar-refractivity contribution in [2.45, 2.75) is 6.92 Å². The Morgan fingerprint density at radius 1 is 1.07 bits per heavy atom. The van der Waals surface area contributed by atoms with Crippen LogP contribution < -0.4 is 15.5 Å². The fraction of sp³-hybridized carbons (Fsp3) is 0.300. The number of rotatable bonds is 3. The monoisotopic (exact) mass is 381 g/mol. The van der Waals surface area contributed by atoms with E-state index in [1.54, 1.807) is 0 Å². The summed E-state index contributed by atoms with van der Waals surface area (Å²) < 4.78 is 1.07. The highest BCUT2D eigenvalue weighted by atomic mass is 32.1. The molecule has 0 unspecified atom stereocenters. The van der Waals surface area contributed by atoms with E-state index in [9.17, 15) is 4.79 Å². The first-order valence-electron chi connectivity index (χ1n) is 9.05. The molecule has 1 fully saturated rings. The number of hydrogen-bond acceptors (Lipinski definition) is 5. The van der Waals surface area contributed by atoms with E-state index in [4.69, 9.17) is 0 Å². The first kappa shape index (κ1) is 17.8. The van der Waals surface area contributed by atoms with E-state index >= 15 is 0 Å². The number of anilines is 3. The smallest absolute Gasteiger partial charge is 0.325 e. The molecule has 1 aliphatic heterocycles. The summed E-state index contributed by atoms with van der Waals surface area (Å²) in [6, 6.07) is 13.8. The van der Waals surface area contributed by atoms with Crippen molar-refractivity contribution in [3.05, 3.63) is 48.0 Å². The van der Waals surface area contributed by atoms with Crippen molar-refractivity contribution in [2.24, 2.45) is 0 Å². The number of nitrogens with zero attached hydrogens (tertiary/aromatic N) is 3. The number of hydrogen-bond donors (Lipinski definition) is 2. The standard InChI is InChI=1S/C20H23N5OS/c1-14-6-7-17-18(12-14)27-20(22-17)23-19(26)21-15-4-3-5-16(13-15)25-10-8-24(2)9-11-25/h3-7,12-13H,8-11H2,1-2H3,(H2,21,22,23,26). The zero-order valence-corrected chi connectivity index (χ0v) is 16.3. The molecule has 1 saturated heterocycles. The number of amides is 2. The fourth-order valence-corrected chi connectivity index (χ4v) is 4.15. The molecule has 1 aliphatic rings. The topological polar surface area (TPSA) is 60.5 Å². The number of piperazine rings is 1. The maximum absolute atomic E-state index is 12.4. The van der Waals surface area contributed by atoms with E-state index in [1.807, 2.05) is 37.3 Å². The number of fused-ring (bicyclic) bond motifs is 1. The molecule has 6 nitrogen and oxygen atoms in total. The van der Waals surface area contributed by atoms with Crippen LogP contribution in [0.1, 0.15) is 5.56 Å². The van der Waals surface area contributed by atoms with Crippen LogP contribution in [0, 0.1) is 6.92 Å². The summed E-state index contributed by atoms with van der Waals surface area (Å²) in [5.74, 6) is 0. The van der Waals surface area contributed by atoms with Crippen LogP contribution in [0.15, 0.2) is 42.5 Å². The van der Waals surface area contributed by atoms with Gasteiger partial charge in [0.05, 0.1) is 10.2 Å². The number of urea groups is 1. The van der Waals surface area contributed by atoms with E-state index < -0.39 is 0 Å². The Bertz CT molecular complexity index is 962. The summed E-state index contributed by atoms with van der Waals surface area (Å²) >= 11 is 1.48. The number of benzene rings is 2. The molecule has 0 spiro atoms. The quantitative estimate of drug-likeness (QED) is 0.720. The van der Waals surface area contributed by atoms with Gasteiger partial charge in [-0.05, 0) is 49.9 Å². The van der Waals surface area contributed by atoms with Crippen LogP contribution in [0.3, 0.4) is 0 Å². The zero-order chi connectivity index (χ0) is 18.8. The van der Waals surface area contributed by atoms with E-state index in [0.717, 1.165) is 47.8 Å². The Morgan fingerprint density at radius 2 is 1.89 bits per heavy atom. The molecule has 0 aliphatic carbocycles. The molecule has 2 amide bonds. The molecule has 2 aromatic carbocycles. The third kappa shape index (κ3) is 4.20. The second-order valence-corrected chi connectivity index (χ2v) is 7.94. The Morgan fingerprint density at radius 3 is 2.70 bits per heavy atom. The average molecular weight is 382 g/mol. The van der Waals surface area contributed by atoms with Gasteiger partial charge in [0.15, 0.2) is 5.13 Å². The van der Waals surface area contributed by atoms with Crippen molar-refractivity contribution in [1.29, 1.82) is 0 Å². The molecular formula is C20H23N5OS. The van der Waals surface area contributed by atoms with Crippen LogP contribution in [0.5, 0.6) is 0 Å². The van der Waals surface area contributed by atoms with Crippen LogP contribution in [0.4, 0.5) is 21.3 Å². The van der Waals surface area contributed by atoms with Gasteiger partial charge in [-0.3, -0.25) is 5.32 Å². The van der Waals surface area contributed by atoms with Crippen molar-refractivity contribution in [3.8, 4) is 0 Å². The molecule has 1 aromatic heterocycles. The van der Waals surface area contributed by atoms with Crippen molar-refractivity contribution < 1.29 is 4.79 Å². The van der Waals surface area contributed by atoms with Crippen molar-refractivity contribution in [2.75, 3.05) is 48.8 Å². The third-order valence-electron chi connectivity index (χ3n) is 4.74. The summed E-state index contributed by atoms with van der Waals surface area (Å²) in [5.41, 5.74) is 4.00. The summed E-state index contributed by atoms with van der Waals surface area (Å²) in [5, 5.41) is 6.36. The molecule has 140 valence electrons. The van der Waals surface area contributed by atoms with Gasteiger partial charge in [0.25, 0.3) is 0 Å². The molecule has 0 radical (unpaired) electrons. The maximum atomic E-state index is 12.4. The number of aryl methyl sites for hydroxylation is 1. The first-order valence-corrected chi connectivity index (χ1v) is 9.87. The van der Waals surface area contributed by atoms with Crippen LogP contribution in [-0.2, 0) is 0 Å². The summed E-state index contributed by atoms with van der Waals surface area (Å²) in [4.78, 5) is 21.5. The predicted molar refractivity (Wildman–Crippen MR) is 113 cm³/mol. The summed E-state index contributed by atoms with van der Waals surface area (Å²) in [7, 11) is 2.14. The molecular weight excluding hydrogens is 358 g/mol. The number of thiazole rings is 1. The van der Waals surface area contributed by atoms with E-state index in [2.05, 4.69) is 44.6 Å². The van der Waals surface area contributed by atoms with Crippen LogP contribution >= 0.6 is 11.3 Å². The lowest BCUT2D eigenvalue weighted by Gasteiger charge is -2.34. The van der Waals surface area contributed by atoms with Gasteiger partial charge in [0, 0.05) is 37.6 Å². The normalized spacial score (nSPS) is 15.1. The molecule has 0 bridgehead atoms. The minimum Gasteiger partial charge on any atom is -0.369 e. The lowest BCUT2D eigenvalue weighted by atomic mass is 10.2. The van der Waals surface area contributed by atoms with Gasteiger partial charge in [0.1, 0.15) is 0 Å². The Hall–Kier alpha value is -2.64. The SMILES string of the molecule is Cc1ccc2nc(NC(=O)Nc3cccc(N4CCN(C)CC4)c3)sc2c1. The van der Waals surface area contributed by atoms with Gasteiger partial charge in [-0.2, -0.15) is 0 Å². The lowest BCUT2D eigenvalue weighted by Crippen LogP contribution is -2.44. The summed E-state index contributed by atoms with van der Waals surface area (Å²) in [6.45, 7) is 6.14. The Kier molecular flexibility index (Phi) is 4.96. The maximum Gasteiger partial charge on any atom is 0.325 e. The lowest BCUT2D eigenvalue weighted by molar-refractivity contribution is 0.262. The highest BCUT2D eigenvalue weighted by Crippen LogP contribution is 2.27. The van der Waals surface area contributed by atoms with Gasteiger partial charge in [0.2, 0.25) is 0 Å². The van der Waals surface area contributed by atoms with E-state index in [-0.39, 0.29) is 6.03 Å². The molecule has 0 saturated carbocycles. The van der Waals surface area contributed by atoms with Crippen molar-refractivity contribution in [3.63, 3.8) is 0 Å². The number of likely N-dealkylation sites (N-methyl/N-ethyl adjacent to an activating group) is 1. The Labute approximate surface area is 162 Å². The number of carbonyl (C=O) groups excluding carboxylic acids is 1. The largest absolute Gasteiger partial charge is 0.369 e. The minimum absolute atomic E-state index is 0.277. The second kappa shape index (κ2) is 7.54. The summed E-state index contributed by atoms with van der Waals surface area (Å²) in [6.07, 6.45) is 0. The van der Waals surface area contributed by atoms with Gasteiger partial charge in [-0.15, -0.1) is 0 Å². The minimum atomic E-state index is -0.277. The van der Waals surface area contributed by atoms with Gasteiger partial charge < -0.3 is 15.1 Å². The van der Waals surface area contributed by atoms with Crippen LogP contribution in [0.25, 0.3) is 10.2 Å². The molecule has 7 heteroatoms. The van der Waals surface area contributed by atoms with E-state index in [1.165, 1.54) is 16.9 Å². The van der Waals surface area contributed by atoms with Gasteiger partial charge in [-0.1, -0.05) is 23.5 Å². The Balaban J connectivity index is 1.42. The first-order chi connectivity index (χ1) is 13.1. The third-order valence-corrected chi connectivity index (χ3v) is 5.67. The number of aromatic nitrogens is 1. The van der Waals surface area contributed by atoms with Crippen LogP contribution in [-0.4, -0.2) is 49.1 Å². The number of carbonyl (C=O) groups is 1. The van der Waals surface area contributed by atoms with Crippen LogP contribution in [0.2, 0.25) is 0 Å². The second-order valence-electron chi connectivity index (χ2n) is 6.91. The van der Waals surface area contributed by atoms with Gasteiger partial charge in [-0.25, -0.2) is 9.78 Å². The highest BCUT2D eigenvalue weighted by molar-refractivity contribution is 7.22. The number of nitrogens with one attached hydrogen (secondary N) is 2. The zero-order valence-electron chi connectivity index (χ0n) is 15.5. The predicted octanol–water partition coefficient (Wildman–Crippen LogP) is 4.00. The van der Waals surface area contributed by atoms with Crippen molar-refractivity contribution in [1.82, 2.24) is 9.88 Å².